The van der Waals surface area contributed by atoms with Crippen LogP contribution in [-0.4, -0.2) is 37.4 Å². The molecule has 0 aliphatic carbocycles. The van der Waals surface area contributed by atoms with Gasteiger partial charge < -0.3 is 9.84 Å². The Balaban J connectivity index is 1.63. The molecule has 3 rings (SSSR count). The summed E-state index contributed by atoms with van der Waals surface area (Å²) in [4.78, 5) is 12.1. The molecular formula is C16H17FN4O3. The van der Waals surface area contributed by atoms with Crippen LogP contribution in [0.4, 0.5) is 4.39 Å². The molecule has 1 unspecified atom stereocenters. The summed E-state index contributed by atoms with van der Waals surface area (Å²) < 4.78 is 21.5. The van der Waals surface area contributed by atoms with Crippen LogP contribution in [0.3, 0.4) is 0 Å². The Morgan fingerprint density at radius 2 is 2.04 bits per heavy atom. The highest BCUT2D eigenvalue weighted by atomic mass is 19.1. The van der Waals surface area contributed by atoms with E-state index in [-0.39, 0.29) is 31.1 Å². The van der Waals surface area contributed by atoms with Crippen LogP contribution >= 0.6 is 0 Å². The minimum absolute atomic E-state index is 0.00108. The van der Waals surface area contributed by atoms with Crippen molar-refractivity contribution >= 4 is 10.9 Å². The van der Waals surface area contributed by atoms with Gasteiger partial charge in [0.05, 0.1) is 38.3 Å². The highest BCUT2D eigenvalue weighted by Crippen LogP contribution is 2.10. The minimum atomic E-state index is -0.877. The van der Waals surface area contributed by atoms with Gasteiger partial charge in [0.1, 0.15) is 11.3 Å². The van der Waals surface area contributed by atoms with Gasteiger partial charge in [0.2, 0.25) is 0 Å². The SMILES string of the molecule is Cn1ncc2cnn(CC(O)COCc3ccccc3F)c2c1=O. The molecule has 1 N–H and O–H groups in total. The van der Waals surface area contributed by atoms with E-state index in [1.807, 2.05) is 0 Å². The first kappa shape index (κ1) is 16.3. The fourth-order valence-electron chi connectivity index (χ4n) is 2.39. The summed E-state index contributed by atoms with van der Waals surface area (Å²) in [6, 6.07) is 6.30. The number of rotatable bonds is 6. The van der Waals surface area contributed by atoms with Crippen LogP contribution in [0.1, 0.15) is 5.56 Å². The van der Waals surface area contributed by atoms with E-state index < -0.39 is 6.10 Å². The number of aryl methyl sites for hydroxylation is 1. The average Bonchev–Trinajstić information content (AvgIpc) is 2.96. The van der Waals surface area contributed by atoms with Gasteiger partial charge in [0, 0.05) is 18.0 Å². The second-order valence-electron chi connectivity index (χ2n) is 5.46. The van der Waals surface area contributed by atoms with E-state index in [2.05, 4.69) is 10.2 Å². The van der Waals surface area contributed by atoms with Crippen molar-refractivity contribution in [2.45, 2.75) is 19.3 Å². The summed E-state index contributed by atoms with van der Waals surface area (Å²) in [5.74, 6) is -0.346. The van der Waals surface area contributed by atoms with Crippen molar-refractivity contribution in [1.29, 1.82) is 0 Å². The highest BCUT2D eigenvalue weighted by Gasteiger charge is 2.13. The third kappa shape index (κ3) is 3.34. The first-order chi connectivity index (χ1) is 11.6. The maximum Gasteiger partial charge on any atom is 0.292 e. The number of ether oxygens (including phenoxy) is 1. The van der Waals surface area contributed by atoms with E-state index in [4.69, 9.17) is 4.74 Å². The molecule has 0 amide bonds. The van der Waals surface area contributed by atoms with Crippen LogP contribution in [0.15, 0.2) is 41.5 Å². The van der Waals surface area contributed by atoms with Crippen molar-refractivity contribution in [1.82, 2.24) is 19.6 Å². The largest absolute Gasteiger partial charge is 0.389 e. The number of benzene rings is 1. The molecule has 8 heteroatoms. The van der Waals surface area contributed by atoms with Gasteiger partial charge in [-0.2, -0.15) is 10.2 Å². The number of fused-ring (bicyclic) bond motifs is 1. The van der Waals surface area contributed by atoms with Crippen molar-refractivity contribution in [2.75, 3.05) is 6.61 Å². The maximum absolute atomic E-state index is 13.5. The Hall–Kier alpha value is -2.58. The van der Waals surface area contributed by atoms with Crippen molar-refractivity contribution in [3.63, 3.8) is 0 Å². The van der Waals surface area contributed by atoms with Gasteiger partial charge in [0.15, 0.2) is 0 Å². The molecule has 3 aromatic rings. The first-order valence-electron chi connectivity index (χ1n) is 7.43. The Bertz CT molecular complexity index is 906. The molecule has 0 saturated heterocycles. The molecule has 0 radical (unpaired) electrons. The third-order valence-corrected chi connectivity index (χ3v) is 3.64. The lowest BCUT2D eigenvalue weighted by atomic mass is 10.2. The zero-order valence-corrected chi connectivity index (χ0v) is 13.1. The standard InChI is InChI=1S/C16H17FN4O3/c1-20-16(23)15-12(6-18-20)7-19-21(15)8-13(22)10-24-9-11-4-2-3-5-14(11)17/h2-7,13,22H,8-10H2,1H3. The molecule has 0 aliphatic heterocycles. The van der Waals surface area contributed by atoms with E-state index in [1.165, 1.54) is 21.6 Å². The molecule has 1 aromatic carbocycles. The average molecular weight is 332 g/mol. The monoisotopic (exact) mass is 332 g/mol. The molecular weight excluding hydrogens is 315 g/mol. The third-order valence-electron chi connectivity index (χ3n) is 3.64. The lowest BCUT2D eigenvalue weighted by Crippen LogP contribution is -2.26. The summed E-state index contributed by atoms with van der Waals surface area (Å²) in [6.45, 7) is 0.163. The van der Waals surface area contributed by atoms with Crippen molar-refractivity contribution in [2.24, 2.45) is 7.05 Å². The van der Waals surface area contributed by atoms with Crippen molar-refractivity contribution in [3.8, 4) is 0 Å². The molecule has 0 fully saturated rings. The second kappa shape index (κ2) is 6.90. The summed E-state index contributed by atoms with van der Waals surface area (Å²) >= 11 is 0. The number of hydrogen-bond acceptors (Lipinski definition) is 5. The summed E-state index contributed by atoms with van der Waals surface area (Å²) in [6.07, 6.45) is 2.19. The van der Waals surface area contributed by atoms with Crippen LogP contribution in [0.5, 0.6) is 0 Å². The van der Waals surface area contributed by atoms with E-state index in [9.17, 15) is 14.3 Å². The van der Waals surface area contributed by atoms with Gasteiger partial charge >= 0.3 is 0 Å². The molecule has 0 spiro atoms. The van der Waals surface area contributed by atoms with E-state index in [1.54, 1.807) is 31.4 Å². The summed E-state index contributed by atoms with van der Waals surface area (Å²) in [7, 11) is 1.55. The number of aliphatic hydroxyl groups is 1. The number of hydrogen-bond donors (Lipinski definition) is 1. The smallest absolute Gasteiger partial charge is 0.292 e. The molecule has 24 heavy (non-hydrogen) atoms. The second-order valence-corrected chi connectivity index (χ2v) is 5.46. The van der Waals surface area contributed by atoms with Crippen molar-refractivity contribution in [3.05, 3.63) is 58.4 Å². The Morgan fingerprint density at radius 1 is 1.29 bits per heavy atom. The molecule has 0 saturated carbocycles. The van der Waals surface area contributed by atoms with Gasteiger partial charge in [-0.1, -0.05) is 18.2 Å². The fraction of sp³-hybridized carbons (Fsp3) is 0.312. The summed E-state index contributed by atoms with van der Waals surface area (Å²) in [5.41, 5.74) is 0.513. The normalized spacial score (nSPS) is 12.6. The minimum Gasteiger partial charge on any atom is -0.389 e. The lowest BCUT2D eigenvalue weighted by molar-refractivity contribution is 0.0184. The highest BCUT2D eigenvalue weighted by molar-refractivity contribution is 5.76. The van der Waals surface area contributed by atoms with Crippen molar-refractivity contribution < 1.29 is 14.2 Å². The number of halogens is 1. The summed E-state index contributed by atoms with van der Waals surface area (Å²) in [5, 5.41) is 18.7. The molecule has 2 aromatic heterocycles. The van der Waals surface area contributed by atoms with Crippen LogP contribution in [0, 0.1) is 5.82 Å². The van der Waals surface area contributed by atoms with Gasteiger partial charge in [-0.25, -0.2) is 9.07 Å². The molecule has 1 atom stereocenters. The Morgan fingerprint density at radius 3 is 2.83 bits per heavy atom. The molecule has 0 aliphatic rings. The number of aromatic nitrogens is 4. The predicted octanol–water partition coefficient (Wildman–Crippen LogP) is 0.847. The van der Waals surface area contributed by atoms with E-state index in [0.29, 0.717) is 16.5 Å². The van der Waals surface area contributed by atoms with Gasteiger partial charge in [-0.15, -0.1) is 0 Å². The molecule has 7 nitrogen and oxygen atoms in total. The maximum atomic E-state index is 13.5. The number of nitrogens with zero attached hydrogens (tertiary/aromatic N) is 4. The van der Waals surface area contributed by atoms with Gasteiger partial charge in [-0.05, 0) is 6.07 Å². The van der Waals surface area contributed by atoms with Gasteiger partial charge in [-0.3, -0.25) is 9.48 Å². The van der Waals surface area contributed by atoms with Crippen LogP contribution in [-0.2, 0) is 24.9 Å². The lowest BCUT2D eigenvalue weighted by Gasteiger charge is -2.12. The zero-order chi connectivity index (χ0) is 17.1. The quantitative estimate of drug-likeness (QED) is 0.723. The molecule has 2 heterocycles. The van der Waals surface area contributed by atoms with Crippen LogP contribution < -0.4 is 5.56 Å². The molecule has 0 bridgehead atoms. The van der Waals surface area contributed by atoms with E-state index in [0.717, 1.165) is 0 Å². The fourth-order valence-corrected chi connectivity index (χ4v) is 2.39. The van der Waals surface area contributed by atoms with Gasteiger partial charge in [0.25, 0.3) is 5.56 Å². The predicted molar refractivity (Wildman–Crippen MR) is 84.8 cm³/mol. The molecule has 126 valence electrons. The van der Waals surface area contributed by atoms with Crippen LogP contribution in [0.2, 0.25) is 0 Å². The Kier molecular flexibility index (Phi) is 4.68. The zero-order valence-electron chi connectivity index (χ0n) is 13.1. The first-order valence-corrected chi connectivity index (χ1v) is 7.43. The van der Waals surface area contributed by atoms with Crippen LogP contribution in [0.25, 0.3) is 10.9 Å². The van der Waals surface area contributed by atoms with E-state index >= 15 is 0 Å². The number of aliphatic hydroxyl groups excluding tert-OH is 1. The topological polar surface area (TPSA) is 82.2 Å². The Labute approximate surface area is 136 Å².